The highest BCUT2D eigenvalue weighted by atomic mass is 16.5. The minimum Gasteiger partial charge on any atom is -0.489 e. The summed E-state index contributed by atoms with van der Waals surface area (Å²) in [5, 5.41) is 9.40. The van der Waals surface area contributed by atoms with Gasteiger partial charge >= 0.3 is 5.97 Å². The molecule has 1 aliphatic rings. The molecule has 2 atom stereocenters. The predicted octanol–water partition coefficient (Wildman–Crippen LogP) is 1.87. The summed E-state index contributed by atoms with van der Waals surface area (Å²) in [5.41, 5.74) is 1.37. The minimum absolute atomic E-state index is 0.0493. The van der Waals surface area contributed by atoms with E-state index in [0.29, 0.717) is 30.9 Å². The fourth-order valence-corrected chi connectivity index (χ4v) is 2.71. The highest BCUT2D eigenvalue weighted by Gasteiger charge is 2.40. The Labute approximate surface area is 142 Å². The molecule has 0 radical (unpaired) electrons. The largest absolute Gasteiger partial charge is 0.489 e. The summed E-state index contributed by atoms with van der Waals surface area (Å²) in [6.07, 6.45) is 0.438. The number of carboxylic acids is 1. The van der Waals surface area contributed by atoms with Crippen LogP contribution in [0.4, 0.5) is 0 Å². The van der Waals surface area contributed by atoms with Crippen molar-refractivity contribution in [3.8, 4) is 5.75 Å². The van der Waals surface area contributed by atoms with Gasteiger partial charge in [-0.1, -0.05) is 6.58 Å². The Balaban J connectivity index is 2.11. The van der Waals surface area contributed by atoms with E-state index in [0.717, 1.165) is 5.57 Å². The monoisotopic (exact) mass is 332 g/mol. The van der Waals surface area contributed by atoms with Gasteiger partial charge in [0.2, 0.25) is 0 Å². The van der Waals surface area contributed by atoms with Crippen LogP contribution in [0.3, 0.4) is 0 Å². The number of aliphatic carboxylic acids is 1. The van der Waals surface area contributed by atoms with E-state index < -0.39 is 12.0 Å². The van der Waals surface area contributed by atoms with E-state index in [9.17, 15) is 14.7 Å². The van der Waals surface area contributed by atoms with Gasteiger partial charge in [-0.3, -0.25) is 4.79 Å². The number of carbonyl (C=O) groups excluding carboxylic acids is 1. The molecule has 2 rings (SSSR count). The molecule has 0 aromatic heterocycles. The van der Waals surface area contributed by atoms with Crippen molar-refractivity contribution in [1.82, 2.24) is 9.80 Å². The topological polar surface area (TPSA) is 70.1 Å². The van der Waals surface area contributed by atoms with Gasteiger partial charge in [0.15, 0.2) is 0 Å². The van der Waals surface area contributed by atoms with Gasteiger partial charge in [-0.2, -0.15) is 0 Å². The van der Waals surface area contributed by atoms with Gasteiger partial charge in [0.25, 0.3) is 5.91 Å². The van der Waals surface area contributed by atoms with Crippen LogP contribution in [-0.4, -0.2) is 66.1 Å². The van der Waals surface area contributed by atoms with Gasteiger partial charge in [0.1, 0.15) is 18.4 Å². The summed E-state index contributed by atoms with van der Waals surface area (Å²) in [4.78, 5) is 27.6. The van der Waals surface area contributed by atoms with Crippen molar-refractivity contribution in [2.24, 2.45) is 0 Å². The molecule has 0 spiro atoms. The lowest BCUT2D eigenvalue weighted by Crippen LogP contribution is -2.41. The van der Waals surface area contributed by atoms with Gasteiger partial charge in [-0.25, -0.2) is 4.79 Å². The maximum atomic E-state index is 12.7. The molecule has 24 heavy (non-hydrogen) atoms. The quantitative estimate of drug-likeness (QED) is 0.806. The molecule has 1 N–H and O–H groups in total. The van der Waals surface area contributed by atoms with Crippen LogP contribution in [-0.2, 0) is 4.79 Å². The number of amides is 1. The molecule has 0 aliphatic carbocycles. The smallest absolute Gasteiger partial charge is 0.326 e. The molecule has 1 heterocycles. The Morgan fingerprint density at radius 1 is 1.33 bits per heavy atom. The molecule has 1 saturated heterocycles. The number of likely N-dealkylation sites (N-methyl/N-ethyl adjacent to an activating group) is 1. The zero-order valence-corrected chi connectivity index (χ0v) is 14.4. The summed E-state index contributed by atoms with van der Waals surface area (Å²) in [6, 6.07) is 6.02. The number of hydrogen-bond acceptors (Lipinski definition) is 4. The van der Waals surface area contributed by atoms with E-state index in [1.165, 1.54) is 4.90 Å². The summed E-state index contributed by atoms with van der Waals surface area (Å²) in [5.74, 6) is -0.579. The Hall–Kier alpha value is -2.34. The molecule has 130 valence electrons. The molecule has 1 aromatic carbocycles. The van der Waals surface area contributed by atoms with E-state index in [1.54, 1.807) is 24.3 Å². The molecule has 0 saturated carbocycles. The zero-order valence-electron chi connectivity index (χ0n) is 14.4. The fraction of sp³-hybridized carbons (Fsp3) is 0.444. The Morgan fingerprint density at radius 2 is 1.96 bits per heavy atom. The summed E-state index contributed by atoms with van der Waals surface area (Å²) in [6.45, 7) is 6.48. The Morgan fingerprint density at radius 3 is 2.46 bits per heavy atom. The first-order valence-corrected chi connectivity index (χ1v) is 7.87. The lowest BCUT2D eigenvalue weighted by molar-refractivity contribution is -0.141. The molecular formula is C18H24N2O4. The fourth-order valence-electron chi connectivity index (χ4n) is 2.71. The first kappa shape index (κ1) is 18.0. The maximum Gasteiger partial charge on any atom is 0.326 e. The van der Waals surface area contributed by atoms with Gasteiger partial charge in [0, 0.05) is 18.2 Å². The van der Waals surface area contributed by atoms with Gasteiger partial charge in [-0.05, 0) is 57.3 Å². The second kappa shape index (κ2) is 7.49. The number of likely N-dealkylation sites (tertiary alicyclic amines) is 1. The second-order valence-electron chi connectivity index (χ2n) is 6.43. The number of hydrogen-bond donors (Lipinski definition) is 1. The average molecular weight is 332 g/mol. The molecule has 1 aliphatic heterocycles. The molecule has 0 unspecified atom stereocenters. The van der Waals surface area contributed by atoms with Crippen LogP contribution < -0.4 is 4.74 Å². The van der Waals surface area contributed by atoms with Crippen LogP contribution in [0.2, 0.25) is 0 Å². The first-order valence-electron chi connectivity index (χ1n) is 7.87. The van der Waals surface area contributed by atoms with Gasteiger partial charge in [-0.15, -0.1) is 0 Å². The molecule has 6 heteroatoms. The standard InChI is InChI=1S/C18H24N2O4/c1-12(2)11-24-15-7-5-13(6-8-15)17(21)20-10-14(19(3)4)9-16(20)18(22)23/h5-8,14,16H,1,9-11H2,2-4H3,(H,22,23)/t14-,16+/m1/s1. The van der Waals surface area contributed by atoms with Crippen molar-refractivity contribution in [3.63, 3.8) is 0 Å². The normalized spacial score (nSPS) is 20.2. The lowest BCUT2D eigenvalue weighted by Gasteiger charge is -2.22. The third-order valence-corrected chi connectivity index (χ3v) is 4.14. The van der Waals surface area contributed by atoms with E-state index in [4.69, 9.17) is 4.74 Å². The Bertz CT molecular complexity index is 624. The number of carboxylic acid groups (broad SMARTS) is 1. The van der Waals surface area contributed by atoms with Crippen LogP contribution in [0.1, 0.15) is 23.7 Å². The zero-order chi connectivity index (χ0) is 17.9. The first-order chi connectivity index (χ1) is 11.3. The van der Waals surface area contributed by atoms with Gasteiger partial charge < -0.3 is 19.6 Å². The third-order valence-electron chi connectivity index (χ3n) is 4.14. The van der Waals surface area contributed by atoms with E-state index in [2.05, 4.69) is 6.58 Å². The highest BCUT2D eigenvalue weighted by molar-refractivity contribution is 5.97. The van der Waals surface area contributed by atoms with Crippen molar-refractivity contribution in [2.75, 3.05) is 27.2 Å². The summed E-state index contributed by atoms with van der Waals surface area (Å²) >= 11 is 0. The predicted molar refractivity (Wildman–Crippen MR) is 91.3 cm³/mol. The Kier molecular flexibility index (Phi) is 5.62. The van der Waals surface area contributed by atoms with Crippen molar-refractivity contribution < 1.29 is 19.4 Å². The minimum atomic E-state index is -0.964. The van der Waals surface area contributed by atoms with Gasteiger partial charge in [0.05, 0.1) is 0 Å². The summed E-state index contributed by atoms with van der Waals surface area (Å²) < 4.78 is 5.51. The number of ether oxygens (including phenoxy) is 1. The molecule has 1 aromatic rings. The molecule has 0 bridgehead atoms. The van der Waals surface area contributed by atoms with Crippen LogP contribution in [0.25, 0.3) is 0 Å². The second-order valence-corrected chi connectivity index (χ2v) is 6.43. The molecule has 1 amide bonds. The highest BCUT2D eigenvalue weighted by Crippen LogP contribution is 2.24. The van der Waals surface area contributed by atoms with Crippen molar-refractivity contribution >= 4 is 11.9 Å². The number of benzene rings is 1. The number of rotatable bonds is 6. The number of carbonyl (C=O) groups is 2. The molecular weight excluding hydrogens is 308 g/mol. The van der Waals surface area contributed by atoms with E-state index in [-0.39, 0.29) is 11.9 Å². The van der Waals surface area contributed by atoms with Crippen LogP contribution >= 0.6 is 0 Å². The van der Waals surface area contributed by atoms with E-state index in [1.807, 2.05) is 25.9 Å². The summed E-state index contributed by atoms with van der Waals surface area (Å²) in [7, 11) is 3.79. The molecule has 6 nitrogen and oxygen atoms in total. The van der Waals surface area contributed by atoms with Crippen molar-refractivity contribution in [1.29, 1.82) is 0 Å². The maximum absolute atomic E-state index is 12.7. The molecule has 1 fully saturated rings. The van der Waals surface area contributed by atoms with Crippen LogP contribution in [0, 0.1) is 0 Å². The van der Waals surface area contributed by atoms with E-state index >= 15 is 0 Å². The lowest BCUT2D eigenvalue weighted by atomic mass is 10.1. The SMILES string of the molecule is C=C(C)COc1ccc(C(=O)N2C[C@H](N(C)C)C[C@H]2C(=O)O)cc1. The van der Waals surface area contributed by atoms with Crippen LogP contribution in [0.15, 0.2) is 36.4 Å². The number of nitrogens with zero attached hydrogens (tertiary/aromatic N) is 2. The average Bonchev–Trinajstić information content (AvgIpc) is 2.98. The van der Waals surface area contributed by atoms with Crippen molar-refractivity contribution in [2.45, 2.75) is 25.4 Å². The van der Waals surface area contributed by atoms with Crippen LogP contribution in [0.5, 0.6) is 5.75 Å². The van der Waals surface area contributed by atoms with Crippen molar-refractivity contribution in [3.05, 3.63) is 42.0 Å². The third kappa shape index (κ3) is 4.14.